The Morgan fingerprint density at radius 2 is 2.17 bits per heavy atom. The standard InChI is InChI=1S/C14H18ClNO2/c1-3-10(9-16-2)6-11-7-12(15)14-13(8-11)17-4-5-18-14/h6-8,16H,3-5,9H2,1-2H3. The molecule has 0 radical (unpaired) electrons. The van der Waals surface area contributed by atoms with Gasteiger partial charge in [-0.15, -0.1) is 0 Å². The van der Waals surface area contributed by atoms with Gasteiger partial charge in [-0.2, -0.15) is 0 Å². The van der Waals surface area contributed by atoms with Gasteiger partial charge in [0.2, 0.25) is 0 Å². The van der Waals surface area contributed by atoms with Crippen LogP contribution < -0.4 is 14.8 Å². The van der Waals surface area contributed by atoms with Crippen molar-refractivity contribution in [3.8, 4) is 11.5 Å². The molecule has 0 unspecified atom stereocenters. The van der Waals surface area contributed by atoms with E-state index in [1.165, 1.54) is 5.57 Å². The fraction of sp³-hybridized carbons (Fsp3) is 0.429. The van der Waals surface area contributed by atoms with Crippen molar-refractivity contribution in [1.29, 1.82) is 0 Å². The second-order valence-corrected chi connectivity index (χ2v) is 4.62. The Balaban J connectivity index is 2.31. The molecule has 18 heavy (non-hydrogen) atoms. The third-order valence-electron chi connectivity index (χ3n) is 2.85. The monoisotopic (exact) mass is 267 g/mol. The number of nitrogens with one attached hydrogen (secondary N) is 1. The minimum atomic E-state index is 0.557. The smallest absolute Gasteiger partial charge is 0.179 e. The molecular formula is C14H18ClNO2. The van der Waals surface area contributed by atoms with Crippen molar-refractivity contribution in [3.05, 3.63) is 28.3 Å². The summed E-state index contributed by atoms with van der Waals surface area (Å²) >= 11 is 6.20. The summed E-state index contributed by atoms with van der Waals surface area (Å²) in [4.78, 5) is 0. The van der Waals surface area contributed by atoms with E-state index in [4.69, 9.17) is 21.1 Å². The lowest BCUT2D eigenvalue weighted by atomic mass is 10.1. The van der Waals surface area contributed by atoms with Gasteiger partial charge >= 0.3 is 0 Å². The lowest BCUT2D eigenvalue weighted by molar-refractivity contribution is 0.171. The molecule has 0 amide bonds. The number of ether oxygens (including phenoxy) is 2. The molecule has 0 bridgehead atoms. The van der Waals surface area contributed by atoms with Gasteiger partial charge < -0.3 is 14.8 Å². The number of hydrogen-bond acceptors (Lipinski definition) is 3. The summed E-state index contributed by atoms with van der Waals surface area (Å²) in [6, 6.07) is 3.89. The molecule has 1 aliphatic rings. The largest absolute Gasteiger partial charge is 0.486 e. The molecule has 0 saturated carbocycles. The van der Waals surface area contributed by atoms with E-state index < -0.39 is 0 Å². The summed E-state index contributed by atoms with van der Waals surface area (Å²) in [7, 11) is 1.94. The van der Waals surface area contributed by atoms with Crippen molar-refractivity contribution in [3.63, 3.8) is 0 Å². The number of benzene rings is 1. The van der Waals surface area contributed by atoms with Crippen molar-refractivity contribution in [2.75, 3.05) is 26.8 Å². The highest BCUT2D eigenvalue weighted by Crippen LogP contribution is 2.38. The van der Waals surface area contributed by atoms with E-state index >= 15 is 0 Å². The van der Waals surface area contributed by atoms with E-state index in [9.17, 15) is 0 Å². The van der Waals surface area contributed by atoms with Crippen LogP contribution >= 0.6 is 11.6 Å². The SMILES string of the molecule is CCC(=Cc1cc(Cl)c2c(c1)OCCO2)CNC. The van der Waals surface area contributed by atoms with Gasteiger partial charge in [-0.25, -0.2) is 0 Å². The Bertz CT molecular complexity index is 457. The molecule has 0 atom stereocenters. The van der Waals surface area contributed by atoms with Gasteiger partial charge in [0.1, 0.15) is 13.2 Å². The molecule has 4 heteroatoms. The van der Waals surface area contributed by atoms with Crippen molar-refractivity contribution >= 4 is 17.7 Å². The van der Waals surface area contributed by atoms with E-state index in [-0.39, 0.29) is 0 Å². The van der Waals surface area contributed by atoms with Gasteiger partial charge in [-0.05, 0) is 31.2 Å². The minimum absolute atomic E-state index is 0.557. The molecule has 1 aromatic carbocycles. The maximum atomic E-state index is 6.20. The predicted octanol–water partition coefficient (Wildman–Crippen LogP) is 3.12. The fourth-order valence-corrected chi connectivity index (χ4v) is 2.23. The highest BCUT2D eigenvalue weighted by atomic mass is 35.5. The molecule has 3 nitrogen and oxygen atoms in total. The molecule has 0 fully saturated rings. The maximum absolute atomic E-state index is 6.20. The Morgan fingerprint density at radius 1 is 1.39 bits per heavy atom. The molecule has 0 aliphatic carbocycles. The van der Waals surface area contributed by atoms with Crippen LogP contribution in [0.25, 0.3) is 6.08 Å². The molecule has 1 aromatic rings. The van der Waals surface area contributed by atoms with Crippen molar-refractivity contribution in [2.45, 2.75) is 13.3 Å². The Labute approximate surface area is 113 Å². The average molecular weight is 268 g/mol. The van der Waals surface area contributed by atoms with Crippen LogP contribution in [0.15, 0.2) is 17.7 Å². The van der Waals surface area contributed by atoms with Crippen LogP contribution in [0.3, 0.4) is 0 Å². The third-order valence-corrected chi connectivity index (χ3v) is 3.13. The summed E-state index contributed by atoms with van der Waals surface area (Å²) in [5, 5.41) is 3.77. The first-order valence-corrected chi connectivity index (χ1v) is 6.55. The predicted molar refractivity (Wildman–Crippen MR) is 74.6 cm³/mol. The average Bonchev–Trinajstić information content (AvgIpc) is 2.38. The maximum Gasteiger partial charge on any atom is 0.179 e. The highest BCUT2D eigenvalue weighted by Gasteiger charge is 2.16. The summed E-state index contributed by atoms with van der Waals surface area (Å²) in [5.41, 5.74) is 2.38. The van der Waals surface area contributed by atoms with Crippen LogP contribution in [0.1, 0.15) is 18.9 Å². The number of halogens is 1. The van der Waals surface area contributed by atoms with Gasteiger partial charge in [0, 0.05) is 6.54 Å². The minimum Gasteiger partial charge on any atom is -0.486 e. The molecule has 1 heterocycles. The van der Waals surface area contributed by atoms with Crippen LogP contribution in [-0.2, 0) is 0 Å². The molecule has 2 rings (SSSR count). The van der Waals surface area contributed by atoms with Crippen LogP contribution in [0.5, 0.6) is 11.5 Å². The molecule has 0 aromatic heterocycles. The van der Waals surface area contributed by atoms with Crippen LogP contribution in [0, 0.1) is 0 Å². The number of rotatable bonds is 4. The highest BCUT2D eigenvalue weighted by molar-refractivity contribution is 6.32. The molecule has 98 valence electrons. The van der Waals surface area contributed by atoms with Gasteiger partial charge in [0.15, 0.2) is 11.5 Å². The first-order valence-electron chi connectivity index (χ1n) is 6.17. The van der Waals surface area contributed by atoms with Crippen molar-refractivity contribution in [1.82, 2.24) is 5.32 Å². The van der Waals surface area contributed by atoms with Crippen molar-refractivity contribution in [2.24, 2.45) is 0 Å². The van der Waals surface area contributed by atoms with E-state index in [1.54, 1.807) is 0 Å². The second-order valence-electron chi connectivity index (χ2n) is 4.21. The zero-order valence-corrected chi connectivity index (χ0v) is 11.5. The van der Waals surface area contributed by atoms with Gasteiger partial charge in [0.05, 0.1) is 5.02 Å². The molecule has 1 aliphatic heterocycles. The zero-order valence-electron chi connectivity index (χ0n) is 10.8. The summed E-state index contributed by atoms with van der Waals surface area (Å²) < 4.78 is 11.1. The van der Waals surface area contributed by atoms with E-state index in [1.807, 2.05) is 19.2 Å². The number of likely N-dealkylation sites (N-methyl/N-ethyl adjacent to an activating group) is 1. The van der Waals surface area contributed by atoms with Gasteiger partial charge in [0.25, 0.3) is 0 Å². The first kappa shape index (κ1) is 13.2. The lowest BCUT2D eigenvalue weighted by Crippen LogP contribution is -2.15. The fourth-order valence-electron chi connectivity index (χ4n) is 1.95. The normalized spacial score (nSPS) is 14.7. The van der Waals surface area contributed by atoms with E-state index in [0.29, 0.717) is 24.0 Å². The topological polar surface area (TPSA) is 30.5 Å². The van der Waals surface area contributed by atoms with Crippen LogP contribution in [0.4, 0.5) is 0 Å². The number of fused-ring (bicyclic) bond motifs is 1. The van der Waals surface area contributed by atoms with E-state index in [0.717, 1.165) is 24.3 Å². The van der Waals surface area contributed by atoms with E-state index in [2.05, 4.69) is 18.3 Å². The van der Waals surface area contributed by atoms with Gasteiger partial charge in [-0.1, -0.05) is 30.2 Å². The third kappa shape index (κ3) is 2.98. The Hall–Kier alpha value is -1.19. The molecule has 0 saturated heterocycles. The Kier molecular flexibility index (Phi) is 4.50. The molecule has 0 spiro atoms. The summed E-state index contributed by atoms with van der Waals surface area (Å²) in [6.07, 6.45) is 3.15. The van der Waals surface area contributed by atoms with Crippen molar-refractivity contribution < 1.29 is 9.47 Å². The summed E-state index contributed by atoms with van der Waals surface area (Å²) in [6.45, 7) is 4.15. The Morgan fingerprint density at radius 3 is 2.89 bits per heavy atom. The van der Waals surface area contributed by atoms with Gasteiger partial charge in [-0.3, -0.25) is 0 Å². The quantitative estimate of drug-likeness (QED) is 0.909. The van der Waals surface area contributed by atoms with Crippen LogP contribution in [0.2, 0.25) is 5.02 Å². The summed E-state index contributed by atoms with van der Waals surface area (Å²) in [5.74, 6) is 1.40. The molecular weight excluding hydrogens is 250 g/mol. The first-order chi connectivity index (χ1) is 8.74. The van der Waals surface area contributed by atoms with Crippen LogP contribution in [-0.4, -0.2) is 26.8 Å². The zero-order chi connectivity index (χ0) is 13.0. The molecule has 1 N–H and O–H groups in total. The lowest BCUT2D eigenvalue weighted by Gasteiger charge is -2.20. The second kappa shape index (κ2) is 6.12. The number of hydrogen-bond donors (Lipinski definition) is 1.